The largest absolute Gasteiger partial charge is 0.451 e. The van der Waals surface area contributed by atoms with E-state index in [1.54, 1.807) is 23.3 Å². The number of carbonyl (C=O) groups is 2. The zero-order valence-electron chi connectivity index (χ0n) is 15.9. The van der Waals surface area contributed by atoms with Crippen molar-refractivity contribution in [1.82, 2.24) is 9.88 Å². The van der Waals surface area contributed by atoms with E-state index in [0.29, 0.717) is 17.3 Å². The third-order valence-electron chi connectivity index (χ3n) is 4.99. The summed E-state index contributed by atoms with van der Waals surface area (Å²) in [6.45, 7) is 2.39. The van der Waals surface area contributed by atoms with Crippen molar-refractivity contribution in [2.45, 2.75) is 32.7 Å². The first-order chi connectivity index (χ1) is 13.5. The number of esters is 1. The first-order valence-corrected chi connectivity index (χ1v) is 11.0. The molecule has 3 aromatic rings. The molecule has 0 unspecified atom stereocenters. The average Bonchev–Trinajstić information content (AvgIpc) is 3.28. The number of hydrogen-bond acceptors (Lipinski definition) is 6. The smallest absolute Gasteiger partial charge is 0.348 e. The highest BCUT2D eigenvalue weighted by molar-refractivity contribution is 7.18. The molecule has 0 saturated carbocycles. The number of ether oxygens (including phenoxy) is 1. The van der Waals surface area contributed by atoms with E-state index in [9.17, 15) is 9.59 Å². The summed E-state index contributed by atoms with van der Waals surface area (Å²) in [5, 5.41) is 0.864. The molecule has 1 amide bonds. The van der Waals surface area contributed by atoms with Crippen LogP contribution >= 0.6 is 22.7 Å². The predicted molar refractivity (Wildman–Crippen MR) is 112 cm³/mol. The lowest BCUT2D eigenvalue weighted by molar-refractivity contribution is -0.133. The van der Waals surface area contributed by atoms with Gasteiger partial charge in [-0.15, -0.1) is 22.7 Å². The van der Waals surface area contributed by atoms with E-state index in [-0.39, 0.29) is 12.5 Å². The van der Waals surface area contributed by atoms with E-state index >= 15 is 0 Å². The highest BCUT2D eigenvalue weighted by Gasteiger charge is 2.22. The van der Waals surface area contributed by atoms with E-state index in [0.717, 1.165) is 34.5 Å². The molecule has 2 heterocycles. The number of para-hydroxylation sites is 1. The minimum atomic E-state index is -0.409. The van der Waals surface area contributed by atoms with Gasteiger partial charge in [0.25, 0.3) is 5.91 Å². The lowest BCUT2D eigenvalue weighted by atomic mass is 9.90. The van der Waals surface area contributed by atoms with Crippen LogP contribution in [0.15, 0.2) is 30.3 Å². The van der Waals surface area contributed by atoms with Crippen LogP contribution in [0.4, 0.5) is 0 Å². The molecule has 1 aromatic carbocycles. The van der Waals surface area contributed by atoms with Crippen LogP contribution in [0.1, 0.15) is 38.5 Å². The highest BCUT2D eigenvalue weighted by Crippen LogP contribution is 2.32. The van der Waals surface area contributed by atoms with E-state index in [4.69, 9.17) is 4.74 Å². The lowest BCUT2D eigenvalue weighted by Crippen LogP contribution is -2.30. The number of hydrogen-bond donors (Lipinski definition) is 0. The van der Waals surface area contributed by atoms with E-state index < -0.39 is 5.97 Å². The quantitative estimate of drug-likeness (QED) is 0.584. The van der Waals surface area contributed by atoms with Gasteiger partial charge in [0.2, 0.25) is 0 Å². The van der Waals surface area contributed by atoms with Crippen molar-refractivity contribution >= 4 is 44.8 Å². The van der Waals surface area contributed by atoms with Gasteiger partial charge in [-0.3, -0.25) is 4.79 Å². The van der Waals surface area contributed by atoms with Crippen molar-refractivity contribution in [3.63, 3.8) is 0 Å². The van der Waals surface area contributed by atoms with Crippen LogP contribution in [0, 0.1) is 5.92 Å². The Labute approximate surface area is 172 Å². The van der Waals surface area contributed by atoms with E-state index in [1.165, 1.54) is 21.8 Å². The van der Waals surface area contributed by atoms with Crippen LogP contribution in [0.2, 0.25) is 0 Å². The van der Waals surface area contributed by atoms with E-state index in [1.807, 2.05) is 30.3 Å². The SMILES string of the molecule is C[C@H]1CCc2sc(C(=O)OCC(=O)N(C)Cc3nc4ccccc4s3)cc2C1. The maximum Gasteiger partial charge on any atom is 0.348 e. The summed E-state index contributed by atoms with van der Waals surface area (Å²) in [6, 6.07) is 9.83. The monoisotopic (exact) mass is 414 g/mol. The van der Waals surface area contributed by atoms with Gasteiger partial charge in [0, 0.05) is 11.9 Å². The minimum Gasteiger partial charge on any atom is -0.451 e. The zero-order valence-corrected chi connectivity index (χ0v) is 17.6. The second-order valence-corrected chi connectivity index (χ2v) is 9.56. The molecular formula is C21H22N2O3S2. The van der Waals surface area contributed by atoms with Crippen molar-refractivity contribution in [3.8, 4) is 0 Å². The molecule has 0 radical (unpaired) electrons. The molecule has 0 spiro atoms. The summed E-state index contributed by atoms with van der Waals surface area (Å²) in [7, 11) is 1.70. The normalized spacial score (nSPS) is 16.0. The Morgan fingerprint density at radius 3 is 2.93 bits per heavy atom. The summed E-state index contributed by atoms with van der Waals surface area (Å²) in [6.07, 6.45) is 3.21. The van der Waals surface area contributed by atoms with Gasteiger partial charge in [-0.1, -0.05) is 19.1 Å². The van der Waals surface area contributed by atoms with Gasteiger partial charge in [-0.25, -0.2) is 9.78 Å². The minimum absolute atomic E-state index is 0.234. The second-order valence-electron chi connectivity index (χ2n) is 7.31. The Morgan fingerprint density at radius 1 is 1.29 bits per heavy atom. The van der Waals surface area contributed by atoms with Gasteiger partial charge in [0.15, 0.2) is 6.61 Å². The number of nitrogens with zero attached hydrogens (tertiary/aromatic N) is 2. The van der Waals surface area contributed by atoms with Crippen LogP contribution in [0.3, 0.4) is 0 Å². The predicted octanol–water partition coefficient (Wildman–Crippen LogP) is 4.30. The lowest BCUT2D eigenvalue weighted by Gasteiger charge is -2.16. The molecule has 0 N–H and O–H groups in total. The molecule has 0 aliphatic heterocycles. The van der Waals surface area contributed by atoms with Crippen LogP contribution in [-0.4, -0.2) is 35.4 Å². The van der Waals surface area contributed by atoms with Crippen LogP contribution in [0.5, 0.6) is 0 Å². The van der Waals surface area contributed by atoms with Crippen molar-refractivity contribution in [3.05, 3.63) is 50.7 Å². The van der Waals surface area contributed by atoms with Crippen molar-refractivity contribution in [2.24, 2.45) is 5.92 Å². The van der Waals surface area contributed by atoms with E-state index in [2.05, 4.69) is 11.9 Å². The number of amides is 1. The summed E-state index contributed by atoms with van der Waals surface area (Å²) >= 11 is 3.07. The Kier molecular flexibility index (Phi) is 5.46. The third-order valence-corrected chi connectivity index (χ3v) is 7.23. The number of thiazole rings is 1. The number of benzene rings is 1. The van der Waals surface area contributed by atoms with Crippen LogP contribution in [0.25, 0.3) is 10.2 Å². The maximum atomic E-state index is 12.4. The molecule has 1 aliphatic carbocycles. The van der Waals surface area contributed by atoms with Gasteiger partial charge in [0.05, 0.1) is 16.8 Å². The van der Waals surface area contributed by atoms with Gasteiger partial charge in [-0.2, -0.15) is 0 Å². The third kappa shape index (κ3) is 4.10. The number of aromatic nitrogens is 1. The molecule has 28 heavy (non-hydrogen) atoms. The Hall–Kier alpha value is -2.25. The fraction of sp³-hybridized carbons (Fsp3) is 0.381. The van der Waals surface area contributed by atoms with Gasteiger partial charge < -0.3 is 9.64 Å². The van der Waals surface area contributed by atoms with Crippen molar-refractivity contribution in [2.75, 3.05) is 13.7 Å². The van der Waals surface area contributed by atoms with Crippen LogP contribution in [-0.2, 0) is 28.9 Å². The molecule has 5 nitrogen and oxygen atoms in total. The summed E-state index contributed by atoms with van der Waals surface area (Å²) < 4.78 is 6.37. The zero-order chi connectivity index (χ0) is 19.7. The molecule has 146 valence electrons. The summed E-state index contributed by atoms with van der Waals surface area (Å²) in [5.74, 6) is 0.0139. The van der Waals surface area contributed by atoms with Gasteiger partial charge in [0.1, 0.15) is 9.88 Å². The summed E-state index contributed by atoms with van der Waals surface area (Å²) in [5.41, 5.74) is 2.20. The molecule has 0 fully saturated rings. The van der Waals surface area contributed by atoms with Gasteiger partial charge in [-0.05, 0) is 48.9 Å². The van der Waals surface area contributed by atoms with Crippen molar-refractivity contribution < 1.29 is 14.3 Å². The fourth-order valence-electron chi connectivity index (χ4n) is 3.39. The second kappa shape index (κ2) is 8.01. The number of likely N-dealkylation sites (N-methyl/N-ethyl adjacent to an activating group) is 1. The van der Waals surface area contributed by atoms with Crippen LogP contribution < -0.4 is 0 Å². The maximum absolute atomic E-state index is 12.4. The number of rotatable bonds is 5. The Morgan fingerprint density at radius 2 is 2.11 bits per heavy atom. The van der Waals surface area contributed by atoms with Gasteiger partial charge >= 0.3 is 5.97 Å². The average molecular weight is 415 g/mol. The molecule has 1 aliphatic rings. The molecule has 1 atom stereocenters. The standard InChI is InChI=1S/C21H22N2O3S2/c1-13-7-8-16-14(9-13)10-18(27-16)21(25)26-12-20(24)23(2)11-19-22-15-5-3-4-6-17(15)28-19/h3-6,10,13H,7-9,11-12H2,1-2H3/t13-/m0/s1. The topological polar surface area (TPSA) is 59.5 Å². The first-order valence-electron chi connectivity index (χ1n) is 9.36. The molecule has 0 saturated heterocycles. The molecule has 7 heteroatoms. The number of fused-ring (bicyclic) bond motifs is 2. The fourth-order valence-corrected chi connectivity index (χ4v) is 5.52. The summed E-state index contributed by atoms with van der Waals surface area (Å²) in [4.78, 5) is 32.7. The molecule has 0 bridgehead atoms. The molecule has 4 rings (SSSR count). The molecule has 2 aromatic heterocycles. The van der Waals surface area contributed by atoms with Crippen molar-refractivity contribution in [1.29, 1.82) is 0 Å². The number of carbonyl (C=O) groups excluding carboxylic acids is 2. The number of thiophene rings is 1. The Balaban J connectivity index is 1.32. The molecular weight excluding hydrogens is 392 g/mol. The number of aryl methyl sites for hydroxylation is 1. The highest BCUT2D eigenvalue weighted by atomic mass is 32.1. The Bertz CT molecular complexity index is 991. The first kappa shape index (κ1) is 19.1.